The van der Waals surface area contributed by atoms with Gasteiger partial charge in [0.05, 0.1) is 17.3 Å². The molecule has 1 N–H and O–H groups in total. The average Bonchev–Trinajstić information content (AvgIpc) is 2.87. The maximum Gasteiger partial charge on any atom is 0.161 e. The van der Waals surface area contributed by atoms with Crippen LogP contribution in [-0.4, -0.2) is 33.9 Å². The van der Waals surface area contributed by atoms with Gasteiger partial charge in [0, 0.05) is 6.42 Å². The highest BCUT2D eigenvalue weighted by Gasteiger charge is 2.40. The van der Waals surface area contributed by atoms with Crippen LogP contribution in [0.5, 0.6) is 11.5 Å². The molecule has 2 atom stereocenters. The van der Waals surface area contributed by atoms with E-state index in [1.165, 1.54) is 18.4 Å². The largest absolute Gasteiger partial charge is 0.493 e. The van der Waals surface area contributed by atoms with Crippen LogP contribution in [0, 0.1) is 5.92 Å². The summed E-state index contributed by atoms with van der Waals surface area (Å²) in [5, 5.41) is 11.5. The van der Waals surface area contributed by atoms with Gasteiger partial charge in [-0.1, -0.05) is 55.0 Å². The van der Waals surface area contributed by atoms with Crippen molar-refractivity contribution < 1.29 is 14.6 Å². The first-order valence-electron chi connectivity index (χ1n) is 12.8. The Morgan fingerprint density at radius 2 is 1.77 bits per heavy atom. The third-order valence-corrected chi connectivity index (χ3v) is 10.2. The summed E-state index contributed by atoms with van der Waals surface area (Å²) in [6.45, 7) is 7.20. The zero-order valence-corrected chi connectivity index (χ0v) is 23.4. The quantitative estimate of drug-likeness (QED) is 0.275. The van der Waals surface area contributed by atoms with Crippen LogP contribution in [0.15, 0.2) is 60.2 Å². The number of ether oxygens (including phenoxy) is 2. The van der Waals surface area contributed by atoms with E-state index < -0.39 is 6.10 Å². The summed E-state index contributed by atoms with van der Waals surface area (Å²) >= 11 is 3.95. The van der Waals surface area contributed by atoms with Gasteiger partial charge in [-0.25, -0.2) is 0 Å². The number of benzene rings is 2. The molecule has 0 spiro atoms. The van der Waals surface area contributed by atoms with Gasteiger partial charge in [-0.3, -0.25) is 0 Å². The fourth-order valence-electron chi connectivity index (χ4n) is 4.41. The number of aliphatic hydroxyl groups is 1. The molecule has 2 aromatic rings. The standard InChI is InChI=1S/C30H42O3S2/c1-23(2)10-8-11-24(3)16-17-30(34-18-9-19-35-30)29(31)21-26-14-15-27(28(20-26)32-4)33-22-25-12-6-5-7-13-25/h5-7,10,12-15,20,24,29,31H,8-9,11,16-19,21-22H2,1-4H3/t24-,29+/m0/s1. The molecule has 192 valence electrons. The Morgan fingerprint density at radius 1 is 1.03 bits per heavy atom. The van der Waals surface area contributed by atoms with Gasteiger partial charge in [0.25, 0.3) is 0 Å². The van der Waals surface area contributed by atoms with Crippen molar-refractivity contribution in [3.63, 3.8) is 0 Å². The van der Waals surface area contributed by atoms with E-state index in [2.05, 4.69) is 45.0 Å². The molecule has 0 aromatic heterocycles. The highest BCUT2D eigenvalue weighted by molar-refractivity contribution is 8.18. The highest BCUT2D eigenvalue weighted by Crippen LogP contribution is 2.49. The zero-order chi connectivity index (χ0) is 25.1. The first kappa shape index (κ1) is 28.0. The van der Waals surface area contributed by atoms with Gasteiger partial charge in [0.1, 0.15) is 6.61 Å². The highest BCUT2D eigenvalue weighted by atomic mass is 32.2. The van der Waals surface area contributed by atoms with E-state index in [0.29, 0.717) is 18.9 Å². The Hall–Kier alpha value is -1.56. The minimum absolute atomic E-state index is 0.126. The van der Waals surface area contributed by atoms with Gasteiger partial charge in [-0.15, -0.1) is 23.5 Å². The lowest BCUT2D eigenvalue weighted by Gasteiger charge is -2.40. The zero-order valence-electron chi connectivity index (χ0n) is 21.8. The minimum Gasteiger partial charge on any atom is -0.493 e. The molecule has 1 heterocycles. The monoisotopic (exact) mass is 514 g/mol. The van der Waals surface area contributed by atoms with Crippen LogP contribution >= 0.6 is 23.5 Å². The molecule has 1 aliphatic heterocycles. The summed E-state index contributed by atoms with van der Waals surface area (Å²) < 4.78 is 11.5. The topological polar surface area (TPSA) is 38.7 Å². The van der Waals surface area contributed by atoms with E-state index in [9.17, 15) is 5.11 Å². The van der Waals surface area contributed by atoms with E-state index in [0.717, 1.165) is 53.4 Å². The third-order valence-electron chi connectivity index (χ3n) is 6.58. The van der Waals surface area contributed by atoms with E-state index >= 15 is 0 Å². The fraction of sp³-hybridized carbons (Fsp3) is 0.533. The number of rotatable bonds is 13. The Morgan fingerprint density at radius 3 is 2.46 bits per heavy atom. The molecule has 0 amide bonds. The maximum atomic E-state index is 11.5. The van der Waals surface area contributed by atoms with Crippen molar-refractivity contribution >= 4 is 23.5 Å². The first-order chi connectivity index (χ1) is 16.9. The van der Waals surface area contributed by atoms with Crippen LogP contribution in [0.25, 0.3) is 0 Å². The molecule has 1 saturated heterocycles. The molecule has 3 rings (SSSR count). The van der Waals surface area contributed by atoms with E-state index in [4.69, 9.17) is 9.47 Å². The van der Waals surface area contributed by atoms with Crippen LogP contribution < -0.4 is 9.47 Å². The Labute approximate surface area is 221 Å². The van der Waals surface area contributed by atoms with Gasteiger partial charge in [-0.2, -0.15) is 0 Å². The number of aliphatic hydroxyl groups excluding tert-OH is 1. The normalized spacial score (nSPS) is 16.8. The summed E-state index contributed by atoms with van der Waals surface area (Å²) in [6.07, 6.45) is 8.36. The molecule has 2 aromatic carbocycles. The van der Waals surface area contributed by atoms with E-state index in [1.54, 1.807) is 7.11 Å². The fourth-order valence-corrected chi connectivity index (χ4v) is 7.77. The van der Waals surface area contributed by atoms with Crippen LogP contribution in [-0.2, 0) is 13.0 Å². The number of allylic oxidation sites excluding steroid dienone is 2. The van der Waals surface area contributed by atoms with Gasteiger partial charge in [-0.05, 0) is 86.6 Å². The number of thioether (sulfide) groups is 2. The predicted molar refractivity (Wildman–Crippen MR) is 153 cm³/mol. The SMILES string of the molecule is COc1cc(C[C@@H](O)C2(CC[C@@H](C)CCC=C(C)C)SCCCS2)ccc1OCc1ccccc1. The smallest absolute Gasteiger partial charge is 0.161 e. The Balaban J connectivity index is 1.63. The lowest BCUT2D eigenvalue weighted by molar-refractivity contribution is 0.153. The van der Waals surface area contributed by atoms with Crippen LogP contribution in [0.1, 0.15) is 64.0 Å². The Kier molecular flexibility index (Phi) is 11.4. The molecule has 35 heavy (non-hydrogen) atoms. The van der Waals surface area contributed by atoms with Crippen molar-refractivity contribution in [2.75, 3.05) is 18.6 Å². The van der Waals surface area contributed by atoms with Gasteiger partial charge < -0.3 is 14.6 Å². The average molecular weight is 515 g/mol. The van der Waals surface area contributed by atoms with Gasteiger partial charge >= 0.3 is 0 Å². The summed E-state index contributed by atoms with van der Waals surface area (Å²) in [5.74, 6) is 4.38. The van der Waals surface area contributed by atoms with E-state index in [-0.39, 0.29) is 4.08 Å². The van der Waals surface area contributed by atoms with Crippen molar-refractivity contribution in [3.8, 4) is 11.5 Å². The predicted octanol–water partition coefficient (Wildman–Crippen LogP) is 7.91. The molecule has 0 aliphatic carbocycles. The van der Waals surface area contributed by atoms with Crippen LogP contribution in [0.4, 0.5) is 0 Å². The van der Waals surface area contributed by atoms with Gasteiger partial charge in [0.2, 0.25) is 0 Å². The Bertz CT molecular complexity index is 918. The lowest BCUT2D eigenvalue weighted by atomic mass is 9.95. The molecule has 3 nitrogen and oxygen atoms in total. The molecule has 0 bridgehead atoms. The van der Waals surface area contributed by atoms with Crippen molar-refractivity contribution in [2.24, 2.45) is 5.92 Å². The third kappa shape index (κ3) is 8.80. The second-order valence-corrected chi connectivity index (χ2v) is 13.0. The molecule has 0 radical (unpaired) electrons. The van der Waals surface area contributed by atoms with Crippen LogP contribution in [0.3, 0.4) is 0 Å². The summed E-state index contributed by atoms with van der Waals surface area (Å²) in [4.78, 5) is 0. The molecular weight excluding hydrogens is 472 g/mol. The number of methoxy groups -OCH3 is 1. The second-order valence-electron chi connectivity index (χ2n) is 9.84. The van der Waals surface area contributed by atoms with Crippen molar-refractivity contribution in [1.82, 2.24) is 0 Å². The van der Waals surface area contributed by atoms with Crippen molar-refractivity contribution in [3.05, 3.63) is 71.3 Å². The summed E-state index contributed by atoms with van der Waals surface area (Å²) in [7, 11) is 1.68. The molecule has 0 unspecified atom stereocenters. The minimum atomic E-state index is -0.399. The summed E-state index contributed by atoms with van der Waals surface area (Å²) in [6, 6.07) is 16.2. The van der Waals surface area contributed by atoms with Gasteiger partial charge in [0.15, 0.2) is 11.5 Å². The van der Waals surface area contributed by atoms with E-state index in [1.807, 2.05) is 53.9 Å². The number of hydrogen-bond donors (Lipinski definition) is 1. The van der Waals surface area contributed by atoms with Crippen molar-refractivity contribution in [2.45, 2.75) is 76.1 Å². The molecule has 0 saturated carbocycles. The summed E-state index contributed by atoms with van der Waals surface area (Å²) in [5.41, 5.74) is 3.61. The van der Waals surface area contributed by atoms with Crippen LogP contribution in [0.2, 0.25) is 0 Å². The maximum absolute atomic E-state index is 11.5. The second kappa shape index (κ2) is 14.2. The number of hydrogen-bond acceptors (Lipinski definition) is 5. The molecule has 1 fully saturated rings. The molecule has 5 heteroatoms. The molecular formula is C30H42O3S2. The molecule has 1 aliphatic rings. The first-order valence-corrected chi connectivity index (χ1v) is 14.8. The lowest BCUT2D eigenvalue weighted by Crippen LogP contribution is -2.40. The van der Waals surface area contributed by atoms with Crippen molar-refractivity contribution in [1.29, 1.82) is 0 Å².